The van der Waals surface area contributed by atoms with E-state index in [9.17, 15) is 0 Å². The van der Waals surface area contributed by atoms with E-state index >= 15 is 0 Å². The molecule has 0 aromatic carbocycles. The topological polar surface area (TPSA) is 31.9 Å². The summed E-state index contributed by atoms with van der Waals surface area (Å²) >= 11 is 5.85. The van der Waals surface area contributed by atoms with E-state index in [-0.39, 0.29) is 0 Å². The van der Waals surface area contributed by atoms with Crippen LogP contribution in [-0.2, 0) is 0 Å². The zero-order valence-corrected chi connectivity index (χ0v) is 11.4. The lowest BCUT2D eigenvalue weighted by Crippen LogP contribution is -2.22. The zero-order chi connectivity index (χ0) is 9.71. The molecule has 1 aromatic rings. The predicted molar refractivity (Wildman–Crippen MR) is 66.3 cm³/mol. The number of halogens is 2. The second-order valence-corrected chi connectivity index (χ2v) is 6.02. The average Bonchev–Trinajstić information content (AvgIpc) is 2.84. The third-order valence-corrected chi connectivity index (χ3v) is 5.78. The first-order chi connectivity index (χ1) is 6.75. The number of fused-ring (bicyclic) bond motifs is 2. The first kappa shape index (κ1) is 9.59. The second kappa shape index (κ2) is 3.45. The monoisotopic (exact) mass is 367 g/mol. The molecule has 3 rings (SSSR count). The molecule has 0 saturated carbocycles. The highest BCUT2D eigenvalue weighted by Gasteiger charge is 2.40. The summed E-state index contributed by atoms with van der Waals surface area (Å²) in [7, 11) is 0. The van der Waals surface area contributed by atoms with Crippen LogP contribution in [0.4, 0.5) is 0 Å². The van der Waals surface area contributed by atoms with Crippen molar-refractivity contribution in [1.82, 2.24) is 15.1 Å². The van der Waals surface area contributed by atoms with Crippen molar-refractivity contribution in [3.8, 4) is 0 Å². The Morgan fingerprint density at radius 1 is 1.50 bits per heavy atom. The lowest BCUT2D eigenvalue weighted by molar-refractivity contribution is 0.343. The SMILES string of the molecule is Brc1[nH]nc(C2CN3CCC2C3)c1I. The van der Waals surface area contributed by atoms with E-state index in [2.05, 4.69) is 53.6 Å². The Labute approximate surface area is 105 Å². The molecule has 76 valence electrons. The van der Waals surface area contributed by atoms with Crippen molar-refractivity contribution in [3.05, 3.63) is 13.9 Å². The Hall–Kier alpha value is 0.380. The van der Waals surface area contributed by atoms with Gasteiger partial charge in [-0.15, -0.1) is 0 Å². The normalized spacial score (nSPS) is 35.4. The van der Waals surface area contributed by atoms with Crippen LogP contribution in [0.5, 0.6) is 0 Å². The molecule has 0 spiro atoms. The van der Waals surface area contributed by atoms with Crippen molar-refractivity contribution in [2.75, 3.05) is 19.6 Å². The third kappa shape index (κ3) is 1.36. The van der Waals surface area contributed by atoms with Gasteiger partial charge >= 0.3 is 0 Å². The van der Waals surface area contributed by atoms with Gasteiger partial charge in [-0.25, -0.2) is 0 Å². The van der Waals surface area contributed by atoms with Gasteiger partial charge in [-0.1, -0.05) is 0 Å². The molecule has 2 aliphatic rings. The fourth-order valence-corrected chi connectivity index (χ4v) is 3.59. The molecule has 0 radical (unpaired) electrons. The van der Waals surface area contributed by atoms with Crippen LogP contribution in [0.15, 0.2) is 4.60 Å². The molecule has 2 fully saturated rings. The molecule has 3 nitrogen and oxygen atoms in total. The largest absolute Gasteiger partial charge is 0.302 e. The molecule has 3 unspecified atom stereocenters. The first-order valence-electron chi connectivity index (χ1n) is 4.87. The number of aromatic amines is 1. The van der Waals surface area contributed by atoms with Crippen molar-refractivity contribution in [3.63, 3.8) is 0 Å². The van der Waals surface area contributed by atoms with Gasteiger partial charge in [0.2, 0.25) is 0 Å². The number of rotatable bonds is 1. The molecule has 3 heterocycles. The standard InChI is InChI=1S/C9H11BrIN3/c10-9-7(11)8(12-13-9)6-4-14-2-1-5(6)3-14/h5-6H,1-4H2,(H,12,13). The predicted octanol–water partition coefficient (Wildman–Crippen LogP) is 2.20. The fraction of sp³-hybridized carbons (Fsp3) is 0.667. The molecule has 1 aromatic heterocycles. The van der Waals surface area contributed by atoms with Crippen LogP contribution in [-0.4, -0.2) is 34.7 Å². The minimum Gasteiger partial charge on any atom is -0.302 e. The van der Waals surface area contributed by atoms with Gasteiger partial charge in [-0.05, 0) is 57.4 Å². The molecule has 2 aliphatic heterocycles. The van der Waals surface area contributed by atoms with Crippen molar-refractivity contribution in [1.29, 1.82) is 0 Å². The quantitative estimate of drug-likeness (QED) is 0.771. The van der Waals surface area contributed by atoms with Gasteiger partial charge in [0.1, 0.15) is 4.60 Å². The highest BCUT2D eigenvalue weighted by Crippen LogP contribution is 2.41. The Morgan fingerprint density at radius 3 is 2.86 bits per heavy atom. The van der Waals surface area contributed by atoms with E-state index < -0.39 is 0 Å². The van der Waals surface area contributed by atoms with Crippen LogP contribution in [0, 0.1) is 9.49 Å². The number of hydrogen-bond donors (Lipinski definition) is 1. The molecule has 14 heavy (non-hydrogen) atoms. The molecule has 0 amide bonds. The summed E-state index contributed by atoms with van der Waals surface area (Å²) in [6.07, 6.45) is 1.35. The summed E-state index contributed by atoms with van der Waals surface area (Å²) in [6.45, 7) is 3.78. The Morgan fingerprint density at radius 2 is 2.36 bits per heavy atom. The number of aromatic nitrogens is 2. The Balaban J connectivity index is 1.93. The van der Waals surface area contributed by atoms with Gasteiger partial charge in [0, 0.05) is 19.0 Å². The maximum Gasteiger partial charge on any atom is 0.114 e. The second-order valence-electron chi connectivity index (χ2n) is 4.15. The number of H-pyrrole nitrogens is 1. The number of nitrogens with zero attached hydrogens (tertiary/aromatic N) is 2. The van der Waals surface area contributed by atoms with Crippen molar-refractivity contribution < 1.29 is 0 Å². The summed E-state index contributed by atoms with van der Waals surface area (Å²) in [4.78, 5) is 2.55. The minimum absolute atomic E-state index is 0.665. The van der Waals surface area contributed by atoms with Crippen LogP contribution < -0.4 is 0 Å². The van der Waals surface area contributed by atoms with E-state index in [4.69, 9.17) is 0 Å². The van der Waals surface area contributed by atoms with E-state index in [0.717, 1.165) is 10.5 Å². The van der Waals surface area contributed by atoms with Crippen molar-refractivity contribution in [2.24, 2.45) is 5.92 Å². The number of hydrogen-bond acceptors (Lipinski definition) is 2. The Bertz CT molecular complexity index is 365. The van der Waals surface area contributed by atoms with Crippen LogP contribution >= 0.6 is 38.5 Å². The van der Waals surface area contributed by atoms with Gasteiger partial charge in [-0.2, -0.15) is 5.10 Å². The lowest BCUT2D eigenvalue weighted by atomic mass is 9.90. The van der Waals surface area contributed by atoms with E-state index in [1.54, 1.807) is 0 Å². The smallest absolute Gasteiger partial charge is 0.114 e. The maximum atomic E-state index is 4.41. The molecule has 2 saturated heterocycles. The maximum absolute atomic E-state index is 4.41. The highest BCUT2D eigenvalue weighted by molar-refractivity contribution is 14.1. The summed E-state index contributed by atoms with van der Waals surface area (Å²) in [5.41, 5.74) is 1.27. The van der Waals surface area contributed by atoms with Gasteiger partial charge in [0.05, 0.1) is 9.26 Å². The van der Waals surface area contributed by atoms with Crippen molar-refractivity contribution >= 4 is 38.5 Å². The third-order valence-electron chi connectivity index (χ3n) is 3.38. The molecule has 1 N–H and O–H groups in total. The van der Waals surface area contributed by atoms with Gasteiger partial charge in [0.15, 0.2) is 0 Å². The van der Waals surface area contributed by atoms with Crippen LogP contribution in [0.3, 0.4) is 0 Å². The summed E-state index contributed by atoms with van der Waals surface area (Å²) < 4.78 is 2.30. The van der Waals surface area contributed by atoms with Crippen LogP contribution in [0.25, 0.3) is 0 Å². The molecular formula is C9H11BrIN3. The van der Waals surface area contributed by atoms with Gasteiger partial charge in [0.25, 0.3) is 0 Å². The summed E-state index contributed by atoms with van der Waals surface area (Å²) in [6, 6.07) is 0. The Kier molecular flexibility index (Phi) is 2.36. The van der Waals surface area contributed by atoms with E-state index in [0.29, 0.717) is 5.92 Å². The molecular weight excluding hydrogens is 357 g/mol. The van der Waals surface area contributed by atoms with Crippen LogP contribution in [0.2, 0.25) is 0 Å². The molecule has 3 atom stereocenters. The summed E-state index contributed by atoms with van der Waals surface area (Å²) in [5, 5.41) is 7.42. The number of piperidine rings is 1. The fourth-order valence-electron chi connectivity index (χ4n) is 2.66. The number of nitrogens with one attached hydrogen (secondary N) is 1. The average molecular weight is 368 g/mol. The zero-order valence-electron chi connectivity index (χ0n) is 7.63. The van der Waals surface area contributed by atoms with E-state index in [1.165, 1.54) is 35.3 Å². The van der Waals surface area contributed by atoms with Gasteiger partial charge < -0.3 is 4.90 Å². The summed E-state index contributed by atoms with van der Waals surface area (Å²) in [5.74, 6) is 1.51. The highest BCUT2D eigenvalue weighted by atomic mass is 127. The van der Waals surface area contributed by atoms with Gasteiger partial charge in [-0.3, -0.25) is 5.10 Å². The van der Waals surface area contributed by atoms with Crippen LogP contribution in [0.1, 0.15) is 18.0 Å². The molecule has 2 bridgehead atoms. The lowest BCUT2D eigenvalue weighted by Gasteiger charge is -2.20. The first-order valence-corrected chi connectivity index (χ1v) is 6.74. The van der Waals surface area contributed by atoms with Crippen molar-refractivity contribution in [2.45, 2.75) is 12.3 Å². The minimum atomic E-state index is 0.665. The van der Waals surface area contributed by atoms with E-state index in [1.807, 2.05) is 0 Å². The molecule has 5 heteroatoms. The molecule has 0 aliphatic carbocycles.